The molecule has 2 amide bonds. The molecular formula is C15H14BrF2N3O2. The van der Waals surface area contributed by atoms with Crippen molar-refractivity contribution in [1.82, 2.24) is 15.2 Å². The summed E-state index contributed by atoms with van der Waals surface area (Å²) in [6, 6.07) is 3.49. The van der Waals surface area contributed by atoms with E-state index in [0.717, 1.165) is 12.1 Å². The maximum absolute atomic E-state index is 13.4. The first-order valence-electron chi connectivity index (χ1n) is 6.62. The number of rotatable bonds is 4. The first-order chi connectivity index (χ1) is 10.8. The van der Waals surface area contributed by atoms with Crippen LogP contribution in [0, 0.1) is 11.6 Å². The van der Waals surface area contributed by atoms with Crippen molar-refractivity contribution in [2.75, 3.05) is 7.05 Å². The molecule has 0 spiro atoms. The van der Waals surface area contributed by atoms with Crippen LogP contribution in [-0.2, 0) is 11.8 Å². The zero-order valence-electron chi connectivity index (χ0n) is 12.4. The van der Waals surface area contributed by atoms with E-state index in [9.17, 15) is 18.4 Å². The van der Waals surface area contributed by atoms with E-state index >= 15 is 0 Å². The second-order valence-corrected chi connectivity index (χ2v) is 5.76. The monoisotopic (exact) mass is 385 g/mol. The van der Waals surface area contributed by atoms with Gasteiger partial charge in [0, 0.05) is 24.8 Å². The Balaban J connectivity index is 2.32. The van der Waals surface area contributed by atoms with E-state index in [2.05, 4.69) is 26.6 Å². The van der Waals surface area contributed by atoms with Gasteiger partial charge in [0.2, 0.25) is 5.91 Å². The largest absolute Gasteiger partial charge is 0.357 e. The van der Waals surface area contributed by atoms with Gasteiger partial charge in [0.25, 0.3) is 5.91 Å². The number of aryl methyl sites for hydroxylation is 1. The molecule has 1 heterocycles. The summed E-state index contributed by atoms with van der Waals surface area (Å²) in [5, 5.41) is 4.91. The minimum absolute atomic E-state index is 0.143. The number of benzene rings is 1. The fourth-order valence-electron chi connectivity index (χ4n) is 2.09. The topological polar surface area (TPSA) is 63.1 Å². The van der Waals surface area contributed by atoms with Gasteiger partial charge >= 0.3 is 0 Å². The van der Waals surface area contributed by atoms with Gasteiger partial charge in [-0.3, -0.25) is 9.59 Å². The lowest BCUT2D eigenvalue weighted by Gasteiger charge is -2.18. The predicted octanol–water partition coefficient (Wildman–Crippen LogP) is 2.28. The lowest BCUT2D eigenvalue weighted by Crippen LogP contribution is -2.39. The van der Waals surface area contributed by atoms with Gasteiger partial charge < -0.3 is 15.2 Å². The van der Waals surface area contributed by atoms with Crippen LogP contribution in [0.5, 0.6) is 0 Å². The first kappa shape index (κ1) is 17.1. The van der Waals surface area contributed by atoms with Gasteiger partial charge in [-0.25, -0.2) is 8.78 Å². The number of carbonyl (C=O) groups excluding carboxylic acids is 2. The third-order valence-electron chi connectivity index (χ3n) is 3.27. The molecule has 0 saturated heterocycles. The van der Waals surface area contributed by atoms with Gasteiger partial charge in [0.15, 0.2) is 11.6 Å². The quantitative estimate of drug-likeness (QED) is 0.847. The number of nitrogens with zero attached hydrogens (tertiary/aromatic N) is 1. The van der Waals surface area contributed by atoms with Crippen molar-refractivity contribution < 1.29 is 18.4 Å². The van der Waals surface area contributed by atoms with E-state index < -0.39 is 29.5 Å². The van der Waals surface area contributed by atoms with Crippen LogP contribution in [0.1, 0.15) is 22.1 Å². The van der Waals surface area contributed by atoms with Crippen molar-refractivity contribution >= 4 is 27.7 Å². The molecule has 122 valence electrons. The second-order valence-electron chi connectivity index (χ2n) is 4.85. The van der Waals surface area contributed by atoms with Crippen LogP contribution in [-0.4, -0.2) is 23.4 Å². The molecule has 0 aliphatic heterocycles. The molecule has 0 aliphatic carbocycles. The van der Waals surface area contributed by atoms with Crippen LogP contribution in [0.2, 0.25) is 0 Å². The Kier molecular flexibility index (Phi) is 5.15. The minimum atomic E-state index is -1.14. The van der Waals surface area contributed by atoms with Gasteiger partial charge in [0.1, 0.15) is 11.7 Å². The summed E-state index contributed by atoms with van der Waals surface area (Å²) in [5.41, 5.74) is 0.457. The van der Waals surface area contributed by atoms with Crippen LogP contribution >= 0.6 is 15.9 Å². The van der Waals surface area contributed by atoms with Crippen molar-refractivity contribution in [2.24, 2.45) is 7.05 Å². The predicted molar refractivity (Wildman–Crippen MR) is 83.7 cm³/mol. The highest BCUT2D eigenvalue weighted by Crippen LogP contribution is 2.19. The molecule has 1 aromatic carbocycles. The minimum Gasteiger partial charge on any atom is -0.357 e. The Hall–Kier alpha value is -2.22. The molecule has 8 heteroatoms. The number of nitrogens with one attached hydrogen (secondary N) is 2. The molecule has 0 saturated carbocycles. The Morgan fingerprint density at radius 2 is 1.91 bits per heavy atom. The Morgan fingerprint density at radius 3 is 2.43 bits per heavy atom. The third kappa shape index (κ3) is 3.76. The van der Waals surface area contributed by atoms with Crippen LogP contribution in [0.25, 0.3) is 0 Å². The summed E-state index contributed by atoms with van der Waals surface area (Å²) in [4.78, 5) is 24.3. The van der Waals surface area contributed by atoms with E-state index in [1.807, 2.05) is 0 Å². The van der Waals surface area contributed by atoms with Gasteiger partial charge in [-0.2, -0.15) is 0 Å². The van der Waals surface area contributed by atoms with Gasteiger partial charge in [-0.1, -0.05) is 6.07 Å². The standard InChI is InChI=1S/C15H14BrF2N3O2/c1-19-15(23)13(8-3-4-10(17)11(18)5-8)20-14(22)12-6-9(16)7-21(12)2/h3-7,13H,1-2H3,(H,19,23)(H,20,22). The average molecular weight is 386 g/mol. The number of carbonyl (C=O) groups is 2. The van der Waals surface area contributed by atoms with Crippen molar-refractivity contribution in [1.29, 1.82) is 0 Å². The molecule has 1 unspecified atom stereocenters. The van der Waals surface area contributed by atoms with E-state index in [1.165, 1.54) is 13.1 Å². The van der Waals surface area contributed by atoms with Crippen LogP contribution in [0.3, 0.4) is 0 Å². The summed E-state index contributed by atoms with van der Waals surface area (Å²) in [6.07, 6.45) is 1.68. The second kappa shape index (κ2) is 6.91. The highest BCUT2D eigenvalue weighted by molar-refractivity contribution is 9.10. The number of halogens is 3. The zero-order valence-corrected chi connectivity index (χ0v) is 13.9. The number of amides is 2. The average Bonchev–Trinajstić information content (AvgIpc) is 2.85. The van der Waals surface area contributed by atoms with Crippen molar-refractivity contribution in [3.05, 3.63) is 57.8 Å². The molecule has 2 aromatic rings. The van der Waals surface area contributed by atoms with E-state index in [1.54, 1.807) is 23.9 Å². The molecule has 23 heavy (non-hydrogen) atoms. The number of hydrogen-bond acceptors (Lipinski definition) is 2. The maximum atomic E-state index is 13.4. The molecule has 2 N–H and O–H groups in total. The lowest BCUT2D eigenvalue weighted by molar-refractivity contribution is -0.122. The van der Waals surface area contributed by atoms with Crippen molar-refractivity contribution in [3.8, 4) is 0 Å². The van der Waals surface area contributed by atoms with Gasteiger partial charge in [-0.05, 0) is 39.7 Å². The lowest BCUT2D eigenvalue weighted by atomic mass is 10.1. The zero-order chi connectivity index (χ0) is 17.1. The van der Waals surface area contributed by atoms with Crippen LogP contribution in [0.15, 0.2) is 34.9 Å². The molecule has 1 aromatic heterocycles. The molecule has 1 atom stereocenters. The number of hydrogen-bond donors (Lipinski definition) is 2. The van der Waals surface area contributed by atoms with Gasteiger partial charge in [0.05, 0.1) is 0 Å². The number of aromatic nitrogens is 1. The van der Waals surface area contributed by atoms with E-state index in [-0.39, 0.29) is 5.56 Å². The molecule has 0 radical (unpaired) electrons. The maximum Gasteiger partial charge on any atom is 0.268 e. The van der Waals surface area contributed by atoms with Crippen LogP contribution in [0.4, 0.5) is 8.78 Å². The SMILES string of the molecule is CNC(=O)C(NC(=O)c1cc(Br)cn1C)c1ccc(F)c(F)c1. The fourth-order valence-corrected chi connectivity index (χ4v) is 2.62. The highest BCUT2D eigenvalue weighted by Gasteiger charge is 2.24. The van der Waals surface area contributed by atoms with Crippen molar-refractivity contribution in [3.63, 3.8) is 0 Å². The summed E-state index contributed by atoms with van der Waals surface area (Å²) in [6.45, 7) is 0. The third-order valence-corrected chi connectivity index (χ3v) is 3.70. The Morgan fingerprint density at radius 1 is 1.22 bits per heavy atom. The van der Waals surface area contributed by atoms with Crippen LogP contribution < -0.4 is 10.6 Å². The first-order valence-corrected chi connectivity index (χ1v) is 7.42. The molecule has 0 fully saturated rings. The smallest absolute Gasteiger partial charge is 0.268 e. The summed E-state index contributed by atoms with van der Waals surface area (Å²) < 4.78 is 28.7. The van der Waals surface area contributed by atoms with Crippen molar-refractivity contribution in [2.45, 2.75) is 6.04 Å². The molecule has 2 rings (SSSR count). The summed E-state index contributed by atoms with van der Waals surface area (Å²) >= 11 is 3.25. The molecule has 0 bridgehead atoms. The van der Waals surface area contributed by atoms with E-state index in [4.69, 9.17) is 0 Å². The molecular weight excluding hydrogens is 372 g/mol. The molecule has 5 nitrogen and oxygen atoms in total. The Labute approximate surface area is 139 Å². The fraction of sp³-hybridized carbons (Fsp3) is 0.200. The van der Waals surface area contributed by atoms with Gasteiger partial charge in [-0.15, -0.1) is 0 Å². The summed E-state index contributed by atoms with van der Waals surface area (Å²) in [7, 11) is 3.06. The highest BCUT2D eigenvalue weighted by atomic mass is 79.9. The number of likely N-dealkylation sites (N-methyl/N-ethyl adjacent to an activating group) is 1. The summed E-state index contributed by atoms with van der Waals surface area (Å²) in [5.74, 6) is -3.18. The molecule has 0 aliphatic rings. The normalized spacial score (nSPS) is 11.9. The Bertz CT molecular complexity index is 761. The van der Waals surface area contributed by atoms with E-state index in [0.29, 0.717) is 10.2 Å².